The van der Waals surface area contributed by atoms with Crippen molar-refractivity contribution in [3.63, 3.8) is 0 Å². The number of nitrogens with one attached hydrogen (secondary N) is 1. The molecule has 2 atom stereocenters. The SMILES string of the molecule is CCOCC(C)NCC(C(N)=NO)C(F)(F)F. The Morgan fingerprint density at radius 3 is 2.53 bits per heavy atom. The lowest BCUT2D eigenvalue weighted by Crippen LogP contribution is -2.45. The van der Waals surface area contributed by atoms with Crippen LogP contribution in [-0.2, 0) is 4.74 Å². The van der Waals surface area contributed by atoms with E-state index in [-0.39, 0.29) is 6.04 Å². The van der Waals surface area contributed by atoms with Crippen molar-refractivity contribution in [1.82, 2.24) is 5.32 Å². The molecule has 0 saturated carbocycles. The van der Waals surface area contributed by atoms with E-state index in [1.807, 2.05) is 0 Å². The molecule has 0 aliphatic heterocycles. The van der Waals surface area contributed by atoms with Gasteiger partial charge in [0, 0.05) is 19.2 Å². The van der Waals surface area contributed by atoms with Gasteiger partial charge in [-0.15, -0.1) is 0 Å². The molecule has 4 N–H and O–H groups in total. The zero-order chi connectivity index (χ0) is 13.5. The summed E-state index contributed by atoms with van der Waals surface area (Å²) >= 11 is 0. The van der Waals surface area contributed by atoms with Gasteiger partial charge in [0.05, 0.1) is 6.61 Å². The molecule has 8 heteroatoms. The van der Waals surface area contributed by atoms with E-state index in [4.69, 9.17) is 15.7 Å². The van der Waals surface area contributed by atoms with E-state index < -0.39 is 24.5 Å². The third kappa shape index (κ3) is 6.32. The van der Waals surface area contributed by atoms with E-state index in [1.165, 1.54) is 0 Å². The first-order chi connectivity index (χ1) is 7.82. The van der Waals surface area contributed by atoms with Gasteiger partial charge in [-0.3, -0.25) is 0 Å². The van der Waals surface area contributed by atoms with Crippen molar-refractivity contribution in [1.29, 1.82) is 0 Å². The van der Waals surface area contributed by atoms with Gasteiger partial charge in [0.1, 0.15) is 5.92 Å². The van der Waals surface area contributed by atoms with Gasteiger partial charge >= 0.3 is 6.18 Å². The highest BCUT2D eigenvalue weighted by Crippen LogP contribution is 2.25. The third-order valence-electron chi connectivity index (χ3n) is 2.11. The number of rotatable bonds is 7. The Hall–Kier alpha value is -1.02. The molecule has 0 bridgehead atoms. The maximum Gasteiger partial charge on any atom is 0.400 e. The monoisotopic (exact) mass is 257 g/mol. The van der Waals surface area contributed by atoms with Gasteiger partial charge in [-0.2, -0.15) is 13.2 Å². The first-order valence-corrected chi connectivity index (χ1v) is 5.18. The molecule has 102 valence electrons. The van der Waals surface area contributed by atoms with Crippen molar-refractivity contribution in [3.8, 4) is 0 Å². The summed E-state index contributed by atoms with van der Waals surface area (Å²) in [6.07, 6.45) is -4.55. The second-order valence-corrected chi connectivity index (χ2v) is 3.59. The molecule has 2 unspecified atom stereocenters. The minimum absolute atomic E-state index is 0.244. The topological polar surface area (TPSA) is 79.9 Å². The fourth-order valence-corrected chi connectivity index (χ4v) is 1.13. The number of amidine groups is 1. The van der Waals surface area contributed by atoms with Gasteiger partial charge in [0.15, 0.2) is 5.84 Å². The summed E-state index contributed by atoms with van der Waals surface area (Å²) in [7, 11) is 0. The highest BCUT2D eigenvalue weighted by molar-refractivity contribution is 5.83. The first-order valence-electron chi connectivity index (χ1n) is 5.18. The number of ether oxygens (including phenoxy) is 1. The van der Waals surface area contributed by atoms with E-state index >= 15 is 0 Å². The molecule has 17 heavy (non-hydrogen) atoms. The van der Waals surface area contributed by atoms with Crippen LogP contribution in [0.5, 0.6) is 0 Å². The summed E-state index contributed by atoms with van der Waals surface area (Å²) in [5, 5.41) is 13.3. The number of hydrogen-bond acceptors (Lipinski definition) is 4. The molecule has 0 aromatic heterocycles. The van der Waals surface area contributed by atoms with Crippen molar-refractivity contribution >= 4 is 5.84 Å². The Kier molecular flexibility index (Phi) is 6.89. The van der Waals surface area contributed by atoms with Gasteiger partial charge < -0.3 is 21.0 Å². The molecule has 0 radical (unpaired) electrons. The van der Waals surface area contributed by atoms with Crippen molar-refractivity contribution in [3.05, 3.63) is 0 Å². The average molecular weight is 257 g/mol. The molecular formula is C9H18F3N3O2. The molecule has 0 saturated heterocycles. The predicted octanol–water partition coefficient (Wildman–Crippen LogP) is 0.926. The maximum atomic E-state index is 12.5. The molecule has 0 aromatic rings. The minimum atomic E-state index is -4.55. The van der Waals surface area contributed by atoms with E-state index in [1.54, 1.807) is 13.8 Å². The minimum Gasteiger partial charge on any atom is -0.409 e. The second-order valence-electron chi connectivity index (χ2n) is 3.59. The van der Waals surface area contributed by atoms with Crippen LogP contribution in [0, 0.1) is 5.92 Å². The van der Waals surface area contributed by atoms with Gasteiger partial charge in [0.25, 0.3) is 0 Å². The van der Waals surface area contributed by atoms with E-state index in [9.17, 15) is 13.2 Å². The molecule has 0 spiro atoms. The number of oxime groups is 1. The zero-order valence-electron chi connectivity index (χ0n) is 9.79. The summed E-state index contributed by atoms with van der Waals surface area (Å²) in [5.41, 5.74) is 5.00. The molecule has 0 fully saturated rings. The Labute approximate surface area is 97.8 Å². The summed E-state index contributed by atoms with van der Waals surface area (Å²) in [5.74, 6) is -2.86. The van der Waals surface area contributed by atoms with Gasteiger partial charge in [0.2, 0.25) is 0 Å². The predicted molar refractivity (Wildman–Crippen MR) is 56.9 cm³/mol. The van der Waals surface area contributed by atoms with Crippen molar-refractivity contribution in [2.75, 3.05) is 19.8 Å². The summed E-state index contributed by atoms with van der Waals surface area (Å²) in [6, 6.07) is -0.244. The fourth-order valence-electron chi connectivity index (χ4n) is 1.13. The molecular weight excluding hydrogens is 239 g/mol. The van der Waals surface area contributed by atoms with Crippen molar-refractivity contribution in [2.45, 2.75) is 26.1 Å². The summed E-state index contributed by atoms with van der Waals surface area (Å²) < 4.78 is 42.6. The highest BCUT2D eigenvalue weighted by Gasteiger charge is 2.42. The van der Waals surface area contributed by atoms with Crippen LogP contribution >= 0.6 is 0 Å². The number of alkyl halides is 3. The van der Waals surface area contributed by atoms with Gasteiger partial charge in [-0.05, 0) is 13.8 Å². The molecule has 0 amide bonds. The lowest BCUT2D eigenvalue weighted by molar-refractivity contribution is -0.155. The first kappa shape index (κ1) is 16.0. The van der Waals surface area contributed by atoms with Crippen LogP contribution in [0.1, 0.15) is 13.8 Å². The molecule has 0 aromatic carbocycles. The number of nitrogens with zero attached hydrogens (tertiary/aromatic N) is 1. The molecule has 5 nitrogen and oxygen atoms in total. The van der Waals surface area contributed by atoms with Crippen LogP contribution in [-0.4, -0.2) is 43.0 Å². The molecule has 0 heterocycles. The molecule has 0 aliphatic carbocycles. The van der Waals surface area contributed by atoms with Crippen molar-refractivity contribution in [2.24, 2.45) is 16.8 Å². The lowest BCUT2D eigenvalue weighted by Gasteiger charge is -2.21. The van der Waals surface area contributed by atoms with Crippen molar-refractivity contribution < 1.29 is 23.1 Å². The average Bonchev–Trinajstić information content (AvgIpc) is 2.24. The zero-order valence-corrected chi connectivity index (χ0v) is 9.79. The third-order valence-corrected chi connectivity index (χ3v) is 2.11. The number of hydrogen-bond donors (Lipinski definition) is 3. The van der Waals surface area contributed by atoms with Gasteiger partial charge in [-0.1, -0.05) is 5.16 Å². The molecule has 0 rings (SSSR count). The largest absolute Gasteiger partial charge is 0.409 e. The number of nitrogens with two attached hydrogens (primary N) is 1. The van der Waals surface area contributed by atoms with Crippen LogP contribution in [0.3, 0.4) is 0 Å². The fraction of sp³-hybridized carbons (Fsp3) is 0.889. The quantitative estimate of drug-likeness (QED) is 0.274. The highest BCUT2D eigenvalue weighted by atomic mass is 19.4. The normalized spacial score (nSPS) is 16.9. The van der Waals surface area contributed by atoms with E-state index in [0.29, 0.717) is 13.2 Å². The second kappa shape index (κ2) is 7.33. The molecule has 0 aliphatic rings. The van der Waals surface area contributed by atoms with Crippen LogP contribution in [0.25, 0.3) is 0 Å². The lowest BCUT2D eigenvalue weighted by atomic mass is 10.1. The summed E-state index contributed by atoms with van der Waals surface area (Å²) in [6.45, 7) is 3.83. The van der Waals surface area contributed by atoms with Crippen LogP contribution in [0.4, 0.5) is 13.2 Å². The van der Waals surface area contributed by atoms with Crippen LogP contribution in [0.15, 0.2) is 5.16 Å². The van der Waals surface area contributed by atoms with Crippen LogP contribution in [0.2, 0.25) is 0 Å². The van der Waals surface area contributed by atoms with E-state index in [2.05, 4.69) is 10.5 Å². The number of halogens is 3. The van der Waals surface area contributed by atoms with E-state index in [0.717, 1.165) is 0 Å². The Morgan fingerprint density at radius 1 is 1.53 bits per heavy atom. The standard InChI is InChI=1S/C9H18F3N3O2/c1-3-17-5-6(2)14-4-7(8(13)15-16)9(10,11)12/h6-7,14,16H,3-5H2,1-2H3,(H2,13,15). The Morgan fingerprint density at radius 2 is 2.12 bits per heavy atom. The van der Waals surface area contributed by atoms with Crippen LogP contribution < -0.4 is 11.1 Å². The smallest absolute Gasteiger partial charge is 0.400 e. The maximum absolute atomic E-state index is 12.5. The Bertz CT molecular complexity index is 246. The summed E-state index contributed by atoms with van der Waals surface area (Å²) in [4.78, 5) is 0. The van der Waals surface area contributed by atoms with Gasteiger partial charge in [-0.25, -0.2) is 0 Å². The Balaban J connectivity index is 4.28.